The standard InChI is InChI=1S/C25H28N4O2.CO2/c30-16-20-13-22-19(14-24(20)31-17-18-5-2-1-3-6-18)9-11-26-23(22)8-7-21-15-28-25-27-10-4-12-29(21)25;2-1-3/h1-3,5-8,13-15,23,26,30H,4,9-12,16-17H2,(H,27,28);/b8-7+;. The molecule has 0 fully saturated rings. The summed E-state index contributed by atoms with van der Waals surface area (Å²) in [4.78, 5) is 20.7. The lowest BCUT2D eigenvalue weighted by Crippen LogP contribution is -2.29. The van der Waals surface area contributed by atoms with Crippen molar-refractivity contribution in [1.82, 2.24) is 14.9 Å². The van der Waals surface area contributed by atoms with Crippen molar-refractivity contribution in [3.63, 3.8) is 0 Å². The fourth-order valence-corrected chi connectivity index (χ4v) is 4.36. The van der Waals surface area contributed by atoms with Crippen molar-refractivity contribution in [2.24, 2.45) is 0 Å². The Kier molecular flexibility index (Phi) is 7.88. The summed E-state index contributed by atoms with van der Waals surface area (Å²) in [6.07, 6.45) is 8.57. The lowest BCUT2D eigenvalue weighted by Gasteiger charge is -2.26. The summed E-state index contributed by atoms with van der Waals surface area (Å²) in [6.45, 7) is 3.33. The summed E-state index contributed by atoms with van der Waals surface area (Å²) >= 11 is 0. The van der Waals surface area contributed by atoms with Crippen LogP contribution in [0, 0.1) is 0 Å². The summed E-state index contributed by atoms with van der Waals surface area (Å²) < 4.78 is 8.31. The zero-order valence-corrected chi connectivity index (χ0v) is 18.9. The first kappa shape index (κ1) is 23.4. The quantitative estimate of drug-likeness (QED) is 0.519. The molecule has 8 nitrogen and oxygen atoms in total. The molecular formula is C26H28N4O4. The second kappa shape index (κ2) is 11.4. The SMILES string of the molecule is O=C=O.OCc1cc2c(cc1OCc1ccccc1)CCNC2/C=C/c1cnc2n1CCCN2. The zero-order valence-electron chi connectivity index (χ0n) is 18.9. The van der Waals surface area contributed by atoms with E-state index in [2.05, 4.69) is 44.5 Å². The molecule has 0 saturated heterocycles. The van der Waals surface area contributed by atoms with E-state index in [0.717, 1.165) is 61.0 Å². The second-order valence-corrected chi connectivity index (χ2v) is 8.15. The van der Waals surface area contributed by atoms with E-state index in [1.54, 1.807) is 0 Å². The molecule has 0 aliphatic carbocycles. The first-order chi connectivity index (χ1) is 16.7. The van der Waals surface area contributed by atoms with Gasteiger partial charge in [0.1, 0.15) is 12.4 Å². The number of nitrogens with zero attached hydrogens (tertiary/aromatic N) is 2. The zero-order chi connectivity index (χ0) is 23.8. The Hall–Kier alpha value is -3.71. The number of rotatable bonds is 6. The van der Waals surface area contributed by atoms with Crippen molar-refractivity contribution in [2.45, 2.75) is 38.6 Å². The van der Waals surface area contributed by atoms with Gasteiger partial charge >= 0.3 is 6.15 Å². The van der Waals surface area contributed by atoms with Crippen molar-refractivity contribution in [3.8, 4) is 5.75 Å². The molecule has 1 aromatic heterocycles. The van der Waals surface area contributed by atoms with E-state index < -0.39 is 0 Å². The third-order valence-electron chi connectivity index (χ3n) is 6.01. The van der Waals surface area contributed by atoms with Crippen LogP contribution in [0.2, 0.25) is 0 Å². The highest BCUT2D eigenvalue weighted by Gasteiger charge is 2.21. The number of fused-ring (bicyclic) bond motifs is 2. The third-order valence-corrected chi connectivity index (χ3v) is 6.01. The summed E-state index contributed by atoms with van der Waals surface area (Å²) in [5, 5.41) is 16.9. The molecule has 3 aromatic rings. The summed E-state index contributed by atoms with van der Waals surface area (Å²) in [6, 6.07) is 14.4. The Morgan fingerprint density at radius 2 is 2.03 bits per heavy atom. The van der Waals surface area contributed by atoms with Crippen LogP contribution in [-0.4, -0.2) is 33.9 Å². The molecule has 0 bridgehead atoms. The topological polar surface area (TPSA) is 105 Å². The van der Waals surface area contributed by atoms with E-state index in [0.29, 0.717) is 6.61 Å². The number of anilines is 1. The van der Waals surface area contributed by atoms with Crippen LogP contribution in [0.5, 0.6) is 5.75 Å². The summed E-state index contributed by atoms with van der Waals surface area (Å²) in [7, 11) is 0. The molecular weight excluding hydrogens is 432 g/mol. The number of benzene rings is 2. The number of aliphatic hydroxyl groups is 1. The van der Waals surface area contributed by atoms with Crippen LogP contribution in [0.15, 0.2) is 54.7 Å². The average Bonchev–Trinajstić information content (AvgIpc) is 3.30. The fourth-order valence-electron chi connectivity index (χ4n) is 4.36. The van der Waals surface area contributed by atoms with E-state index in [1.807, 2.05) is 36.5 Å². The molecule has 176 valence electrons. The Morgan fingerprint density at radius 3 is 2.82 bits per heavy atom. The highest BCUT2D eigenvalue weighted by Crippen LogP contribution is 2.32. The lowest BCUT2D eigenvalue weighted by atomic mass is 9.91. The van der Waals surface area contributed by atoms with Crippen LogP contribution >= 0.6 is 0 Å². The van der Waals surface area contributed by atoms with Crippen LogP contribution in [0.3, 0.4) is 0 Å². The highest BCUT2D eigenvalue weighted by molar-refractivity contribution is 5.53. The number of ether oxygens (including phenoxy) is 1. The maximum Gasteiger partial charge on any atom is 0.373 e. The molecule has 3 N–H and O–H groups in total. The average molecular weight is 461 g/mol. The van der Waals surface area contributed by atoms with Crippen molar-refractivity contribution < 1.29 is 19.4 Å². The minimum absolute atomic E-state index is 0.0460. The minimum Gasteiger partial charge on any atom is -0.489 e. The maximum absolute atomic E-state index is 9.98. The van der Waals surface area contributed by atoms with Gasteiger partial charge in [0.15, 0.2) is 0 Å². The fraction of sp³-hybridized carbons (Fsp3) is 0.308. The monoisotopic (exact) mass is 460 g/mol. The molecule has 2 aliphatic rings. The number of nitrogens with one attached hydrogen (secondary N) is 2. The number of aliphatic hydroxyl groups excluding tert-OH is 1. The van der Waals surface area contributed by atoms with E-state index in [9.17, 15) is 5.11 Å². The number of aromatic nitrogens is 2. The van der Waals surface area contributed by atoms with Gasteiger partial charge in [0.2, 0.25) is 5.95 Å². The van der Waals surface area contributed by atoms with Crippen LogP contribution in [-0.2, 0) is 35.8 Å². The van der Waals surface area contributed by atoms with E-state index in [4.69, 9.17) is 14.3 Å². The molecule has 2 aliphatic heterocycles. The molecule has 3 heterocycles. The van der Waals surface area contributed by atoms with Crippen molar-refractivity contribution in [3.05, 3.63) is 82.7 Å². The third kappa shape index (κ3) is 5.43. The van der Waals surface area contributed by atoms with Gasteiger partial charge in [-0.25, -0.2) is 4.98 Å². The largest absolute Gasteiger partial charge is 0.489 e. The Bertz CT molecular complexity index is 1170. The molecule has 0 radical (unpaired) electrons. The molecule has 1 unspecified atom stereocenters. The van der Waals surface area contributed by atoms with Crippen LogP contribution in [0.4, 0.5) is 5.95 Å². The Balaban J connectivity index is 0.000000868. The summed E-state index contributed by atoms with van der Waals surface area (Å²) in [5.74, 6) is 1.72. The maximum atomic E-state index is 9.98. The van der Waals surface area contributed by atoms with Gasteiger partial charge in [-0.2, -0.15) is 9.59 Å². The van der Waals surface area contributed by atoms with Crippen molar-refractivity contribution in [1.29, 1.82) is 0 Å². The van der Waals surface area contributed by atoms with E-state index >= 15 is 0 Å². The normalized spacial score (nSPS) is 16.4. The predicted molar refractivity (Wildman–Crippen MR) is 127 cm³/mol. The molecule has 0 amide bonds. The van der Waals surface area contributed by atoms with E-state index in [-0.39, 0.29) is 18.8 Å². The van der Waals surface area contributed by atoms with Crippen molar-refractivity contribution >= 4 is 18.2 Å². The van der Waals surface area contributed by atoms with Gasteiger partial charge in [-0.15, -0.1) is 0 Å². The molecule has 2 aromatic carbocycles. The van der Waals surface area contributed by atoms with Crippen LogP contribution < -0.4 is 15.4 Å². The van der Waals surface area contributed by atoms with Gasteiger partial charge in [-0.3, -0.25) is 0 Å². The van der Waals surface area contributed by atoms with Crippen molar-refractivity contribution in [2.75, 3.05) is 18.4 Å². The van der Waals surface area contributed by atoms with Gasteiger partial charge in [0.05, 0.1) is 24.5 Å². The van der Waals surface area contributed by atoms with Gasteiger partial charge in [0.25, 0.3) is 0 Å². The first-order valence-corrected chi connectivity index (χ1v) is 11.4. The van der Waals surface area contributed by atoms with Gasteiger partial charge in [0, 0.05) is 25.2 Å². The Labute approximate surface area is 198 Å². The number of hydrogen-bond acceptors (Lipinski definition) is 7. The number of carbonyl (C=O) groups excluding carboxylic acids is 2. The molecule has 5 rings (SSSR count). The molecule has 1 atom stereocenters. The Morgan fingerprint density at radius 1 is 1.21 bits per heavy atom. The predicted octanol–water partition coefficient (Wildman–Crippen LogP) is 3.09. The van der Waals surface area contributed by atoms with Crippen LogP contribution in [0.25, 0.3) is 6.08 Å². The molecule has 0 saturated carbocycles. The summed E-state index contributed by atoms with van der Waals surface area (Å²) in [5.41, 5.74) is 5.52. The minimum atomic E-state index is -0.0460. The van der Waals surface area contributed by atoms with Gasteiger partial charge in [-0.05, 0) is 47.7 Å². The highest BCUT2D eigenvalue weighted by atomic mass is 16.5. The van der Waals surface area contributed by atoms with Crippen LogP contribution in [0.1, 0.15) is 40.4 Å². The number of imidazole rings is 1. The van der Waals surface area contributed by atoms with Gasteiger partial charge in [-0.1, -0.05) is 36.4 Å². The molecule has 8 heteroatoms. The van der Waals surface area contributed by atoms with Gasteiger partial charge < -0.3 is 25.0 Å². The second-order valence-electron chi connectivity index (χ2n) is 8.15. The number of hydrogen-bond donors (Lipinski definition) is 3. The lowest BCUT2D eigenvalue weighted by molar-refractivity contribution is -0.191. The molecule has 34 heavy (non-hydrogen) atoms. The smallest absolute Gasteiger partial charge is 0.373 e. The van der Waals surface area contributed by atoms with E-state index in [1.165, 1.54) is 11.1 Å². The first-order valence-electron chi connectivity index (χ1n) is 11.4. The molecule has 0 spiro atoms.